The Morgan fingerprint density at radius 1 is 1.22 bits per heavy atom. The van der Waals surface area contributed by atoms with Crippen LogP contribution in [0, 0.1) is 0 Å². The average Bonchev–Trinajstić information content (AvgIpc) is 2.56. The van der Waals surface area contributed by atoms with E-state index >= 15 is 0 Å². The molecule has 23 heavy (non-hydrogen) atoms. The quantitative estimate of drug-likeness (QED) is 0.412. The van der Waals surface area contributed by atoms with Gasteiger partial charge in [-0.15, -0.1) is 6.58 Å². The Kier molecular flexibility index (Phi) is 7.85. The second kappa shape index (κ2) is 9.37. The highest BCUT2D eigenvalue weighted by Gasteiger charge is 2.28. The van der Waals surface area contributed by atoms with Gasteiger partial charge in [0.2, 0.25) is 0 Å². The van der Waals surface area contributed by atoms with Gasteiger partial charge < -0.3 is 9.47 Å². The summed E-state index contributed by atoms with van der Waals surface area (Å²) in [5, 5.41) is 0. The molecule has 1 aromatic carbocycles. The summed E-state index contributed by atoms with van der Waals surface area (Å²) in [6, 6.07) is 6.76. The van der Waals surface area contributed by atoms with Crippen molar-refractivity contribution in [3.8, 4) is 0 Å². The Morgan fingerprint density at radius 3 is 2.26 bits per heavy atom. The van der Waals surface area contributed by atoms with Crippen molar-refractivity contribution >= 4 is 23.9 Å². The Hall–Kier alpha value is -1.79. The third-order valence-corrected chi connectivity index (χ3v) is 4.54. The lowest BCUT2D eigenvalue weighted by molar-refractivity contribution is -0.145. The SMILES string of the molecule is C=CCC(C(=O)OC)N(Sc1ccc(C(=O)OC)cc1)C(C)C. The van der Waals surface area contributed by atoms with Crippen LogP contribution in [0.15, 0.2) is 41.8 Å². The van der Waals surface area contributed by atoms with Crippen LogP contribution in [0.5, 0.6) is 0 Å². The highest BCUT2D eigenvalue weighted by molar-refractivity contribution is 7.97. The summed E-state index contributed by atoms with van der Waals surface area (Å²) < 4.78 is 11.6. The van der Waals surface area contributed by atoms with Crippen LogP contribution >= 0.6 is 11.9 Å². The Balaban J connectivity index is 2.96. The molecule has 5 nitrogen and oxygen atoms in total. The average molecular weight is 337 g/mol. The molecule has 1 aromatic rings. The lowest BCUT2D eigenvalue weighted by atomic mass is 10.2. The first-order chi connectivity index (χ1) is 10.9. The van der Waals surface area contributed by atoms with Crippen molar-refractivity contribution in [3.63, 3.8) is 0 Å². The summed E-state index contributed by atoms with van der Waals surface area (Å²) in [7, 11) is 2.73. The van der Waals surface area contributed by atoms with Crippen LogP contribution in [0.25, 0.3) is 0 Å². The van der Waals surface area contributed by atoms with Crippen molar-refractivity contribution in [3.05, 3.63) is 42.5 Å². The molecule has 0 radical (unpaired) electrons. The predicted octanol–water partition coefficient (Wildman–Crippen LogP) is 3.31. The van der Waals surface area contributed by atoms with Gasteiger partial charge in [0.05, 0.1) is 19.8 Å². The van der Waals surface area contributed by atoms with E-state index in [4.69, 9.17) is 4.74 Å². The van der Waals surface area contributed by atoms with Crippen LogP contribution in [0.3, 0.4) is 0 Å². The summed E-state index contributed by atoms with van der Waals surface area (Å²) in [6.07, 6.45) is 2.20. The molecule has 0 aliphatic carbocycles. The smallest absolute Gasteiger partial charge is 0.337 e. The first-order valence-corrected chi connectivity index (χ1v) is 8.05. The van der Waals surface area contributed by atoms with E-state index in [0.29, 0.717) is 12.0 Å². The normalized spacial score (nSPS) is 12.1. The monoisotopic (exact) mass is 337 g/mol. The van der Waals surface area contributed by atoms with Gasteiger partial charge in [0.15, 0.2) is 0 Å². The number of benzene rings is 1. The van der Waals surface area contributed by atoms with Gasteiger partial charge in [-0.25, -0.2) is 9.10 Å². The number of ether oxygens (including phenoxy) is 2. The zero-order chi connectivity index (χ0) is 17.4. The van der Waals surface area contributed by atoms with Gasteiger partial charge in [-0.05, 0) is 56.5 Å². The van der Waals surface area contributed by atoms with Gasteiger partial charge >= 0.3 is 11.9 Å². The van der Waals surface area contributed by atoms with Gasteiger partial charge in [0.1, 0.15) is 6.04 Å². The Labute approximate surface area is 141 Å². The van der Waals surface area contributed by atoms with Crippen molar-refractivity contribution in [1.82, 2.24) is 4.31 Å². The molecule has 126 valence electrons. The van der Waals surface area contributed by atoms with E-state index in [1.54, 1.807) is 18.2 Å². The van der Waals surface area contributed by atoms with Crippen molar-refractivity contribution in [2.75, 3.05) is 14.2 Å². The van der Waals surface area contributed by atoms with E-state index in [2.05, 4.69) is 11.3 Å². The first-order valence-electron chi connectivity index (χ1n) is 7.28. The van der Waals surface area contributed by atoms with Crippen molar-refractivity contribution in [1.29, 1.82) is 0 Å². The molecule has 0 spiro atoms. The van der Waals surface area contributed by atoms with Crippen molar-refractivity contribution in [2.45, 2.75) is 37.2 Å². The zero-order valence-corrected chi connectivity index (χ0v) is 14.8. The fourth-order valence-corrected chi connectivity index (χ4v) is 3.03. The number of carbonyl (C=O) groups excluding carboxylic acids is 2. The van der Waals surface area contributed by atoms with Crippen LogP contribution in [0.4, 0.5) is 0 Å². The molecular weight excluding hydrogens is 314 g/mol. The molecule has 0 aliphatic rings. The van der Waals surface area contributed by atoms with E-state index in [-0.39, 0.29) is 18.0 Å². The highest BCUT2D eigenvalue weighted by atomic mass is 32.2. The fourth-order valence-electron chi connectivity index (χ4n) is 2.02. The number of carbonyl (C=O) groups is 2. The molecule has 1 atom stereocenters. The van der Waals surface area contributed by atoms with Gasteiger partial charge in [0, 0.05) is 10.9 Å². The second-order valence-electron chi connectivity index (χ2n) is 5.12. The lowest BCUT2D eigenvalue weighted by Gasteiger charge is -2.31. The minimum absolute atomic E-state index is 0.115. The molecule has 0 aliphatic heterocycles. The molecule has 0 fully saturated rings. The molecule has 0 saturated carbocycles. The highest BCUT2D eigenvalue weighted by Crippen LogP contribution is 2.29. The second-order valence-corrected chi connectivity index (χ2v) is 6.20. The third-order valence-electron chi connectivity index (χ3n) is 3.17. The maximum atomic E-state index is 12.0. The van der Waals surface area contributed by atoms with Crippen molar-refractivity contribution < 1.29 is 19.1 Å². The number of rotatable bonds is 8. The minimum atomic E-state index is -0.414. The number of esters is 2. The number of hydrogen-bond acceptors (Lipinski definition) is 6. The van der Waals surface area contributed by atoms with Gasteiger partial charge in [0.25, 0.3) is 0 Å². The largest absolute Gasteiger partial charge is 0.468 e. The molecule has 0 N–H and O–H groups in total. The number of methoxy groups -OCH3 is 2. The van der Waals surface area contributed by atoms with Crippen LogP contribution in [-0.2, 0) is 14.3 Å². The summed E-state index contributed by atoms with van der Waals surface area (Å²) >= 11 is 1.45. The number of nitrogens with zero attached hydrogens (tertiary/aromatic N) is 1. The minimum Gasteiger partial charge on any atom is -0.468 e. The van der Waals surface area contributed by atoms with E-state index in [1.807, 2.05) is 30.3 Å². The zero-order valence-electron chi connectivity index (χ0n) is 13.9. The van der Waals surface area contributed by atoms with Crippen LogP contribution < -0.4 is 0 Å². The fraction of sp³-hybridized carbons (Fsp3) is 0.412. The molecule has 0 amide bonds. The van der Waals surface area contributed by atoms with Gasteiger partial charge in [-0.2, -0.15) is 0 Å². The number of hydrogen-bond donors (Lipinski definition) is 0. The molecule has 6 heteroatoms. The molecule has 1 rings (SSSR count). The van der Waals surface area contributed by atoms with Gasteiger partial charge in [-0.1, -0.05) is 6.08 Å². The summed E-state index contributed by atoms with van der Waals surface area (Å²) in [5.41, 5.74) is 0.489. The first kappa shape index (κ1) is 19.3. The standard InChI is InChI=1S/C17H23NO4S/c1-6-7-15(17(20)22-5)18(12(2)3)23-14-10-8-13(9-11-14)16(19)21-4/h6,8-12,15H,1,7H2,2-5H3. The lowest BCUT2D eigenvalue weighted by Crippen LogP contribution is -2.41. The molecule has 0 saturated heterocycles. The van der Waals surface area contributed by atoms with E-state index in [0.717, 1.165) is 4.90 Å². The van der Waals surface area contributed by atoms with Crippen LogP contribution in [0.1, 0.15) is 30.6 Å². The van der Waals surface area contributed by atoms with Crippen LogP contribution in [0.2, 0.25) is 0 Å². The molecule has 1 unspecified atom stereocenters. The van der Waals surface area contributed by atoms with E-state index < -0.39 is 6.04 Å². The summed E-state index contributed by atoms with van der Waals surface area (Å²) in [4.78, 5) is 24.4. The Morgan fingerprint density at radius 2 is 1.83 bits per heavy atom. The Bertz CT molecular complexity index is 542. The van der Waals surface area contributed by atoms with E-state index in [1.165, 1.54) is 26.2 Å². The third kappa shape index (κ3) is 5.41. The van der Waals surface area contributed by atoms with Crippen LogP contribution in [-0.4, -0.2) is 42.5 Å². The van der Waals surface area contributed by atoms with E-state index in [9.17, 15) is 9.59 Å². The molecule has 0 bridgehead atoms. The molecule has 0 aromatic heterocycles. The maximum absolute atomic E-state index is 12.0. The van der Waals surface area contributed by atoms with Gasteiger partial charge in [-0.3, -0.25) is 4.79 Å². The summed E-state index contributed by atoms with van der Waals surface area (Å²) in [6.45, 7) is 7.73. The van der Waals surface area contributed by atoms with Crippen molar-refractivity contribution in [2.24, 2.45) is 0 Å². The molecule has 0 heterocycles. The topological polar surface area (TPSA) is 55.8 Å². The maximum Gasteiger partial charge on any atom is 0.337 e. The predicted molar refractivity (Wildman–Crippen MR) is 91.2 cm³/mol. The molecular formula is C17H23NO4S. The summed E-state index contributed by atoms with van der Waals surface area (Å²) in [5.74, 6) is -0.668.